The van der Waals surface area contributed by atoms with Crippen LogP contribution in [-0.2, 0) is 0 Å². The van der Waals surface area contributed by atoms with Gasteiger partial charge in [0.15, 0.2) is 0 Å². The molecule has 5 heteroatoms. The third-order valence-corrected chi connectivity index (χ3v) is 2.60. The van der Waals surface area contributed by atoms with Crippen LogP contribution in [0.5, 0.6) is 0 Å². The lowest BCUT2D eigenvalue weighted by molar-refractivity contribution is 0.631. The van der Waals surface area contributed by atoms with Gasteiger partial charge in [-0.3, -0.25) is 0 Å². The highest BCUT2D eigenvalue weighted by Gasteiger charge is 2.05. The highest BCUT2D eigenvalue weighted by molar-refractivity contribution is 7.80. The van der Waals surface area contributed by atoms with Gasteiger partial charge >= 0.3 is 0 Å². The summed E-state index contributed by atoms with van der Waals surface area (Å²) in [5.41, 5.74) is 7.34. The molecule has 92 valence electrons. The average Bonchev–Trinajstić information content (AvgIpc) is 2.34. The predicted octanol–water partition coefficient (Wildman–Crippen LogP) is 2.91. The minimum atomic E-state index is -0.330. The van der Waals surface area contributed by atoms with Gasteiger partial charge in [0, 0.05) is 0 Å². The van der Waals surface area contributed by atoms with Gasteiger partial charge in [-0.25, -0.2) is 9.37 Å². The lowest BCUT2D eigenvalue weighted by atomic mass is 10.2. The lowest BCUT2D eigenvalue weighted by Crippen LogP contribution is -2.12. The molecule has 0 radical (unpaired) electrons. The number of halogens is 1. The van der Waals surface area contributed by atoms with E-state index in [2.05, 4.69) is 10.3 Å². The Balaban J connectivity index is 2.31. The number of hydrogen-bond acceptors (Lipinski definition) is 3. The van der Waals surface area contributed by atoms with Gasteiger partial charge in [0.05, 0.1) is 11.4 Å². The van der Waals surface area contributed by atoms with E-state index >= 15 is 0 Å². The number of anilines is 2. The monoisotopic (exact) mass is 261 g/mol. The zero-order valence-electron chi connectivity index (χ0n) is 9.77. The molecule has 2 aromatic rings. The molecule has 3 N–H and O–H groups in total. The van der Waals surface area contributed by atoms with E-state index in [4.69, 9.17) is 18.0 Å². The van der Waals surface area contributed by atoms with Crippen molar-refractivity contribution in [3.63, 3.8) is 0 Å². The van der Waals surface area contributed by atoms with Crippen LogP contribution in [0.1, 0.15) is 11.3 Å². The number of rotatable bonds is 3. The topological polar surface area (TPSA) is 50.9 Å². The number of hydrogen-bond donors (Lipinski definition) is 2. The zero-order chi connectivity index (χ0) is 13.1. The molecule has 1 aromatic heterocycles. The average molecular weight is 261 g/mol. The number of aromatic nitrogens is 1. The fourth-order valence-electron chi connectivity index (χ4n) is 1.51. The number of pyridine rings is 1. The molecule has 0 spiro atoms. The summed E-state index contributed by atoms with van der Waals surface area (Å²) in [5, 5.41) is 2.91. The molecular formula is C13H12FN3S. The molecule has 0 aliphatic heterocycles. The molecule has 3 nitrogen and oxygen atoms in total. The third kappa shape index (κ3) is 2.81. The van der Waals surface area contributed by atoms with Gasteiger partial charge in [0.2, 0.25) is 0 Å². The molecule has 0 unspecified atom stereocenters. The molecule has 0 saturated heterocycles. The summed E-state index contributed by atoms with van der Waals surface area (Å²) in [5.74, 6) is 0.174. The van der Waals surface area contributed by atoms with Crippen LogP contribution in [0.4, 0.5) is 15.9 Å². The molecule has 0 bridgehead atoms. The summed E-state index contributed by atoms with van der Waals surface area (Å²) >= 11 is 4.85. The Hall–Kier alpha value is -2.01. The second kappa shape index (κ2) is 5.10. The molecule has 1 heterocycles. The first-order valence-electron chi connectivity index (χ1n) is 5.36. The van der Waals surface area contributed by atoms with Crippen molar-refractivity contribution in [2.75, 3.05) is 5.32 Å². The fourth-order valence-corrected chi connectivity index (χ4v) is 1.63. The Morgan fingerprint density at radius 2 is 2.11 bits per heavy atom. The maximum atomic E-state index is 13.6. The standard InChI is InChI=1S/C13H12FN3S/c1-8-5-6-9(14)11(7-8)17-12-4-2-3-10(16-12)13(15)18/h2-7H,1H3,(H2,15,18)(H,16,17). The Morgan fingerprint density at radius 1 is 1.33 bits per heavy atom. The van der Waals surface area contributed by atoms with E-state index in [0.717, 1.165) is 5.56 Å². The Bertz CT molecular complexity index is 599. The molecule has 18 heavy (non-hydrogen) atoms. The van der Waals surface area contributed by atoms with E-state index in [-0.39, 0.29) is 10.8 Å². The minimum Gasteiger partial charge on any atom is -0.388 e. The Morgan fingerprint density at radius 3 is 2.83 bits per heavy atom. The Labute approximate surface area is 110 Å². The fraction of sp³-hybridized carbons (Fsp3) is 0.0769. The largest absolute Gasteiger partial charge is 0.388 e. The molecular weight excluding hydrogens is 249 g/mol. The maximum absolute atomic E-state index is 13.6. The van der Waals surface area contributed by atoms with Crippen molar-refractivity contribution >= 4 is 28.7 Å². The molecule has 0 atom stereocenters. The number of aryl methyl sites for hydroxylation is 1. The molecule has 0 aliphatic carbocycles. The van der Waals surface area contributed by atoms with Crippen LogP contribution in [0.15, 0.2) is 36.4 Å². The van der Waals surface area contributed by atoms with E-state index in [1.165, 1.54) is 6.07 Å². The van der Waals surface area contributed by atoms with Gasteiger partial charge in [-0.05, 0) is 36.8 Å². The summed E-state index contributed by atoms with van der Waals surface area (Å²) in [4.78, 5) is 4.41. The summed E-state index contributed by atoms with van der Waals surface area (Å²) in [6, 6.07) is 10.0. The van der Waals surface area contributed by atoms with Gasteiger partial charge in [0.1, 0.15) is 16.6 Å². The molecule has 0 fully saturated rings. The summed E-state index contributed by atoms with van der Waals surface area (Å²) in [6.07, 6.45) is 0. The second-order valence-electron chi connectivity index (χ2n) is 3.88. The van der Waals surface area contributed by atoms with Crippen LogP contribution < -0.4 is 11.1 Å². The normalized spacial score (nSPS) is 10.1. The first-order chi connectivity index (χ1) is 8.56. The van der Waals surface area contributed by atoms with Gasteiger partial charge in [0.25, 0.3) is 0 Å². The first-order valence-corrected chi connectivity index (χ1v) is 5.77. The second-order valence-corrected chi connectivity index (χ2v) is 4.32. The van der Waals surface area contributed by atoms with Crippen LogP contribution in [0.2, 0.25) is 0 Å². The first kappa shape index (κ1) is 12.4. The van der Waals surface area contributed by atoms with Crippen LogP contribution in [0.3, 0.4) is 0 Å². The van der Waals surface area contributed by atoms with Gasteiger partial charge in [-0.1, -0.05) is 24.4 Å². The molecule has 2 rings (SSSR count). The van der Waals surface area contributed by atoms with Crippen LogP contribution in [-0.4, -0.2) is 9.97 Å². The summed E-state index contributed by atoms with van der Waals surface area (Å²) < 4.78 is 13.6. The number of nitrogens with two attached hydrogens (primary N) is 1. The van der Waals surface area contributed by atoms with Crippen molar-refractivity contribution in [2.24, 2.45) is 5.73 Å². The predicted molar refractivity (Wildman–Crippen MR) is 74.5 cm³/mol. The SMILES string of the molecule is Cc1ccc(F)c(Nc2cccc(C(N)=S)n2)c1. The number of nitrogens with zero attached hydrogens (tertiary/aromatic N) is 1. The Kier molecular flexibility index (Phi) is 3.53. The van der Waals surface area contributed by atoms with Crippen LogP contribution in [0.25, 0.3) is 0 Å². The van der Waals surface area contributed by atoms with Crippen molar-refractivity contribution in [1.82, 2.24) is 4.98 Å². The molecule has 1 aromatic carbocycles. The van der Waals surface area contributed by atoms with E-state index in [1.807, 2.05) is 6.92 Å². The minimum absolute atomic E-state index is 0.211. The van der Waals surface area contributed by atoms with Crippen molar-refractivity contribution in [2.45, 2.75) is 6.92 Å². The van der Waals surface area contributed by atoms with Gasteiger partial charge in [-0.2, -0.15) is 0 Å². The zero-order valence-corrected chi connectivity index (χ0v) is 10.6. The number of nitrogens with one attached hydrogen (secondary N) is 1. The van der Waals surface area contributed by atoms with E-state index < -0.39 is 0 Å². The number of thiocarbonyl (C=S) groups is 1. The van der Waals surface area contributed by atoms with Crippen molar-refractivity contribution in [3.8, 4) is 0 Å². The van der Waals surface area contributed by atoms with Gasteiger partial charge in [-0.15, -0.1) is 0 Å². The highest BCUT2D eigenvalue weighted by atomic mass is 32.1. The molecule has 0 amide bonds. The summed E-state index contributed by atoms with van der Waals surface area (Å²) in [7, 11) is 0. The lowest BCUT2D eigenvalue weighted by Gasteiger charge is -2.08. The van der Waals surface area contributed by atoms with Crippen molar-refractivity contribution in [3.05, 3.63) is 53.5 Å². The number of benzene rings is 1. The quantitative estimate of drug-likeness (QED) is 0.834. The molecule has 0 saturated carbocycles. The maximum Gasteiger partial charge on any atom is 0.146 e. The van der Waals surface area contributed by atoms with Crippen LogP contribution >= 0.6 is 12.2 Å². The highest BCUT2D eigenvalue weighted by Crippen LogP contribution is 2.20. The van der Waals surface area contributed by atoms with E-state index in [0.29, 0.717) is 17.2 Å². The van der Waals surface area contributed by atoms with Crippen LogP contribution in [0, 0.1) is 12.7 Å². The summed E-state index contributed by atoms with van der Waals surface area (Å²) in [6.45, 7) is 1.89. The van der Waals surface area contributed by atoms with Gasteiger partial charge < -0.3 is 11.1 Å². The van der Waals surface area contributed by atoms with Crippen molar-refractivity contribution in [1.29, 1.82) is 0 Å². The third-order valence-electron chi connectivity index (χ3n) is 2.39. The molecule has 0 aliphatic rings. The van der Waals surface area contributed by atoms with E-state index in [1.54, 1.807) is 30.3 Å². The van der Waals surface area contributed by atoms with Crippen molar-refractivity contribution < 1.29 is 4.39 Å². The smallest absolute Gasteiger partial charge is 0.146 e. The van der Waals surface area contributed by atoms with E-state index in [9.17, 15) is 4.39 Å².